The highest BCUT2D eigenvalue weighted by molar-refractivity contribution is 7.55. The van der Waals surface area contributed by atoms with Gasteiger partial charge in [-0.3, -0.25) is 14.9 Å². The van der Waals surface area contributed by atoms with Gasteiger partial charge in [0.25, 0.3) is 5.69 Å². The Kier molecular flexibility index (Phi) is 6.77. The summed E-state index contributed by atoms with van der Waals surface area (Å²) in [5.74, 6) is -1.62. The van der Waals surface area contributed by atoms with E-state index < -0.39 is 36.1 Å². The van der Waals surface area contributed by atoms with E-state index in [9.17, 15) is 19.5 Å². The SMILES string of the molecule is CC(C(C)P(=O)(Oc1ccccc1)Oc1ccc([N+](=O)[O-])cc1)[C@@H](N)C(=O)O. The van der Waals surface area contributed by atoms with Crippen molar-refractivity contribution in [2.75, 3.05) is 0 Å². The number of aliphatic carboxylic acids is 1. The number of benzene rings is 2. The lowest BCUT2D eigenvalue weighted by atomic mass is 10.00. The van der Waals surface area contributed by atoms with Crippen LogP contribution in [0.25, 0.3) is 0 Å². The van der Waals surface area contributed by atoms with E-state index in [1.54, 1.807) is 37.3 Å². The van der Waals surface area contributed by atoms with Crippen LogP contribution in [0, 0.1) is 16.0 Å². The maximum absolute atomic E-state index is 13.6. The van der Waals surface area contributed by atoms with Crippen molar-refractivity contribution >= 4 is 19.3 Å². The number of nitro benzene ring substituents is 1. The fourth-order valence-electron chi connectivity index (χ4n) is 2.40. The standard InChI is InChI=1S/C18H21N2O7P/c1-12(17(19)18(21)22)13(2)28(25,26-15-6-4-3-5-7-15)27-16-10-8-14(9-11-16)20(23)24/h3-13,17H,19H2,1-2H3,(H,21,22)/t12?,13?,17-,28?/m1/s1. The third-order valence-electron chi connectivity index (χ3n) is 4.37. The van der Waals surface area contributed by atoms with Crippen LogP contribution in [0.15, 0.2) is 54.6 Å². The average molecular weight is 408 g/mol. The Labute approximate surface area is 161 Å². The first-order valence-corrected chi connectivity index (χ1v) is 10.0. The summed E-state index contributed by atoms with van der Waals surface area (Å²) in [6.07, 6.45) is 0. The molecular weight excluding hydrogens is 387 g/mol. The molecule has 0 aliphatic heterocycles. The second-order valence-electron chi connectivity index (χ2n) is 6.25. The van der Waals surface area contributed by atoms with Gasteiger partial charge in [0.05, 0.1) is 10.6 Å². The van der Waals surface area contributed by atoms with E-state index in [0.29, 0.717) is 0 Å². The van der Waals surface area contributed by atoms with Crippen molar-refractivity contribution in [1.29, 1.82) is 0 Å². The maximum atomic E-state index is 13.6. The maximum Gasteiger partial charge on any atom is 0.433 e. The van der Waals surface area contributed by atoms with E-state index >= 15 is 0 Å². The Morgan fingerprint density at radius 3 is 2.04 bits per heavy atom. The topological polar surface area (TPSA) is 142 Å². The minimum atomic E-state index is -3.96. The van der Waals surface area contributed by atoms with E-state index in [2.05, 4.69) is 0 Å². The Hall–Kier alpha value is -2.90. The Bertz CT molecular complexity index is 873. The first-order valence-electron chi connectivity index (χ1n) is 8.41. The van der Waals surface area contributed by atoms with Gasteiger partial charge in [-0.05, 0) is 37.1 Å². The molecular formula is C18H21N2O7P. The van der Waals surface area contributed by atoms with Crippen LogP contribution in [0.5, 0.6) is 11.5 Å². The summed E-state index contributed by atoms with van der Waals surface area (Å²) in [5.41, 5.74) is 4.66. The van der Waals surface area contributed by atoms with Gasteiger partial charge in [-0.25, -0.2) is 4.57 Å². The van der Waals surface area contributed by atoms with Crippen LogP contribution in [-0.4, -0.2) is 27.7 Å². The van der Waals surface area contributed by atoms with Crippen LogP contribution in [-0.2, 0) is 9.36 Å². The molecule has 0 aromatic heterocycles. The van der Waals surface area contributed by atoms with E-state index in [-0.39, 0.29) is 17.2 Å². The highest BCUT2D eigenvalue weighted by Gasteiger charge is 2.43. The Balaban J connectivity index is 2.36. The molecule has 3 unspecified atom stereocenters. The molecule has 3 N–H and O–H groups in total. The van der Waals surface area contributed by atoms with Crippen molar-refractivity contribution in [2.24, 2.45) is 11.7 Å². The number of hydrogen-bond donors (Lipinski definition) is 2. The van der Waals surface area contributed by atoms with Crippen LogP contribution in [0.2, 0.25) is 0 Å². The number of carbonyl (C=O) groups is 1. The number of carboxylic acids is 1. The molecule has 2 aromatic carbocycles. The summed E-state index contributed by atoms with van der Waals surface area (Å²) in [5, 5.41) is 20.0. The fraction of sp³-hybridized carbons (Fsp3) is 0.278. The molecule has 2 aromatic rings. The van der Waals surface area contributed by atoms with Crippen LogP contribution < -0.4 is 14.8 Å². The molecule has 150 valence electrons. The van der Waals surface area contributed by atoms with Gasteiger partial charge in [0, 0.05) is 12.1 Å². The highest BCUT2D eigenvalue weighted by atomic mass is 31.2. The molecule has 0 fully saturated rings. The van der Waals surface area contributed by atoms with Gasteiger partial charge in [0.1, 0.15) is 17.5 Å². The Morgan fingerprint density at radius 2 is 1.57 bits per heavy atom. The van der Waals surface area contributed by atoms with Gasteiger partial charge in [-0.15, -0.1) is 0 Å². The molecule has 4 atom stereocenters. The summed E-state index contributed by atoms with van der Waals surface area (Å²) < 4.78 is 24.9. The Morgan fingerprint density at radius 1 is 1.07 bits per heavy atom. The second-order valence-corrected chi connectivity index (χ2v) is 8.51. The summed E-state index contributed by atoms with van der Waals surface area (Å²) in [6.45, 7) is 3.08. The molecule has 0 amide bonds. The van der Waals surface area contributed by atoms with Crippen molar-refractivity contribution in [3.05, 3.63) is 64.7 Å². The predicted octanol–water partition coefficient (Wildman–Crippen LogP) is 3.68. The molecule has 9 nitrogen and oxygen atoms in total. The highest BCUT2D eigenvalue weighted by Crippen LogP contribution is 2.55. The van der Waals surface area contributed by atoms with Crippen LogP contribution in [0.3, 0.4) is 0 Å². The zero-order valence-corrected chi connectivity index (χ0v) is 16.2. The van der Waals surface area contributed by atoms with E-state index in [0.717, 1.165) is 0 Å². The van der Waals surface area contributed by atoms with Gasteiger partial charge in [0.15, 0.2) is 0 Å². The minimum absolute atomic E-state index is 0.0906. The smallest absolute Gasteiger partial charge is 0.433 e. The third-order valence-corrected chi connectivity index (χ3v) is 6.77. The third kappa shape index (κ3) is 5.09. The van der Waals surface area contributed by atoms with Gasteiger partial charge >= 0.3 is 13.6 Å². The largest absolute Gasteiger partial charge is 0.480 e. The fourth-order valence-corrected chi connectivity index (χ4v) is 4.36. The quantitative estimate of drug-likeness (QED) is 0.363. The van der Waals surface area contributed by atoms with Crippen molar-refractivity contribution < 1.29 is 28.4 Å². The molecule has 0 heterocycles. The number of nitro groups is 1. The van der Waals surface area contributed by atoms with Gasteiger partial charge in [-0.1, -0.05) is 25.1 Å². The lowest BCUT2D eigenvalue weighted by Gasteiger charge is -2.30. The molecule has 2 rings (SSSR count). The number of rotatable bonds is 9. The minimum Gasteiger partial charge on any atom is -0.480 e. The number of hydrogen-bond acceptors (Lipinski definition) is 7. The first-order chi connectivity index (χ1) is 13.1. The van der Waals surface area contributed by atoms with E-state index in [1.807, 2.05) is 0 Å². The van der Waals surface area contributed by atoms with Gasteiger partial charge < -0.3 is 19.9 Å². The lowest BCUT2D eigenvalue weighted by molar-refractivity contribution is -0.384. The summed E-state index contributed by atoms with van der Waals surface area (Å²) in [4.78, 5) is 21.5. The van der Waals surface area contributed by atoms with Gasteiger partial charge in [0.2, 0.25) is 0 Å². The number of carboxylic acid groups (broad SMARTS) is 1. The summed E-state index contributed by atoms with van der Waals surface area (Å²) in [7, 11) is -3.96. The molecule has 0 saturated heterocycles. The first kappa shape index (κ1) is 21.4. The van der Waals surface area contributed by atoms with Crippen molar-refractivity contribution in [1.82, 2.24) is 0 Å². The van der Waals surface area contributed by atoms with Crippen LogP contribution in [0.1, 0.15) is 13.8 Å². The molecule has 0 radical (unpaired) electrons. The van der Waals surface area contributed by atoms with Crippen molar-refractivity contribution in [3.8, 4) is 11.5 Å². The molecule has 0 aliphatic carbocycles. The number of nitrogens with two attached hydrogens (primary N) is 1. The average Bonchev–Trinajstić information content (AvgIpc) is 2.67. The summed E-state index contributed by atoms with van der Waals surface area (Å²) in [6, 6.07) is 12.0. The molecule has 28 heavy (non-hydrogen) atoms. The zero-order valence-electron chi connectivity index (χ0n) is 15.3. The second kappa shape index (κ2) is 8.86. The summed E-state index contributed by atoms with van der Waals surface area (Å²) >= 11 is 0. The number of para-hydroxylation sites is 1. The van der Waals surface area contributed by atoms with Gasteiger partial charge in [-0.2, -0.15) is 0 Å². The van der Waals surface area contributed by atoms with Crippen molar-refractivity contribution in [3.63, 3.8) is 0 Å². The molecule has 0 bridgehead atoms. The lowest BCUT2D eigenvalue weighted by Crippen LogP contribution is -2.42. The van der Waals surface area contributed by atoms with E-state index in [1.165, 1.54) is 31.2 Å². The monoisotopic (exact) mass is 408 g/mol. The van der Waals surface area contributed by atoms with Crippen LogP contribution in [0.4, 0.5) is 5.69 Å². The molecule has 0 aliphatic rings. The van der Waals surface area contributed by atoms with Crippen molar-refractivity contribution in [2.45, 2.75) is 25.5 Å². The molecule has 0 spiro atoms. The van der Waals surface area contributed by atoms with Crippen LogP contribution >= 0.6 is 7.60 Å². The van der Waals surface area contributed by atoms with E-state index in [4.69, 9.17) is 19.9 Å². The number of nitrogens with zero attached hydrogens (tertiary/aromatic N) is 1. The number of non-ortho nitro benzene ring substituents is 1. The zero-order chi connectivity index (χ0) is 20.9. The predicted molar refractivity (Wildman–Crippen MR) is 103 cm³/mol. The molecule has 0 saturated carbocycles. The normalized spacial score (nSPS) is 16.2. The molecule has 10 heteroatoms.